The number of carboxylic acids is 1. The minimum atomic E-state index is -0.910. The molecule has 0 aromatic rings. The summed E-state index contributed by atoms with van der Waals surface area (Å²) in [5, 5.41) is 14.0. The molecule has 0 heterocycles. The Hall–Kier alpha value is -1.59. The minimum absolute atomic E-state index is 0.0567. The van der Waals surface area contributed by atoms with E-state index in [0.717, 1.165) is 12.8 Å². The molecule has 0 aliphatic heterocycles. The molecule has 0 atom stereocenters. The topological polar surface area (TPSA) is 95.5 Å². The summed E-state index contributed by atoms with van der Waals surface area (Å²) in [5.74, 6) is -1.52. The predicted molar refractivity (Wildman–Crippen MR) is 60.3 cm³/mol. The van der Waals surface area contributed by atoms with Crippen molar-refractivity contribution in [2.24, 2.45) is 0 Å². The van der Waals surface area contributed by atoms with Crippen LogP contribution in [0.1, 0.15) is 39.0 Å². The number of hydrogen-bond acceptors (Lipinski definition) is 3. The van der Waals surface area contributed by atoms with Gasteiger partial charge in [-0.2, -0.15) is 0 Å². The van der Waals surface area contributed by atoms with Crippen molar-refractivity contribution in [2.75, 3.05) is 6.54 Å². The van der Waals surface area contributed by atoms with Gasteiger partial charge >= 0.3 is 5.97 Å². The van der Waals surface area contributed by atoms with Gasteiger partial charge in [-0.25, -0.2) is 0 Å². The SMILES string of the molecule is CC(=O)NCC(=O)NC1(CC(=O)O)CCCC1. The molecule has 1 aliphatic carbocycles. The van der Waals surface area contributed by atoms with Crippen LogP contribution in [-0.2, 0) is 14.4 Å². The molecule has 3 N–H and O–H groups in total. The quantitative estimate of drug-likeness (QED) is 0.633. The fourth-order valence-electron chi connectivity index (χ4n) is 2.23. The Morgan fingerprint density at radius 3 is 2.29 bits per heavy atom. The van der Waals surface area contributed by atoms with Crippen LogP contribution in [0, 0.1) is 0 Å². The maximum atomic E-state index is 11.6. The smallest absolute Gasteiger partial charge is 0.305 e. The Morgan fingerprint density at radius 2 is 1.82 bits per heavy atom. The summed E-state index contributed by atoms with van der Waals surface area (Å²) in [4.78, 5) is 33.0. The van der Waals surface area contributed by atoms with Gasteiger partial charge in [0.1, 0.15) is 0 Å². The number of nitrogens with one attached hydrogen (secondary N) is 2. The molecule has 0 saturated heterocycles. The van der Waals surface area contributed by atoms with Crippen LogP contribution in [0.2, 0.25) is 0 Å². The second-order valence-electron chi connectivity index (χ2n) is 4.52. The lowest BCUT2D eigenvalue weighted by atomic mass is 9.93. The normalized spacial score (nSPS) is 17.5. The largest absolute Gasteiger partial charge is 0.481 e. The summed E-state index contributed by atoms with van der Waals surface area (Å²) < 4.78 is 0. The summed E-state index contributed by atoms with van der Waals surface area (Å²) in [6.07, 6.45) is 3.16. The molecule has 6 heteroatoms. The van der Waals surface area contributed by atoms with Crippen molar-refractivity contribution in [2.45, 2.75) is 44.6 Å². The summed E-state index contributed by atoms with van der Waals surface area (Å²) in [5.41, 5.74) is -0.624. The van der Waals surface area contributed by atoms with E-state index in [0.29, 0.717) is 12.8 Å². The van der Waals surface area contributed by atoms with Crippen LogP contribution in [0.15, 0.2) is 0 Å². The predicted octanol–water partition coefficient (Wildman–Crippen LogP) is 0.0262. The number of carboxylic acid groups (broad SMARTS) is 1. The van der Waals surface area contributed by atoms with Crippen LogP contribution < -0.4 is 10.6 Å². The lowest BCUT2D eigenvalue weighted by molar-refractivity contribution is -0.139. The molecule has 0 bridgehead atoms. The van der Waals surface area contributed by atoms with Crippen LogP contribution in [0.5, 0.6) is 0 Å². The van der Waals surface area contributed by atoms with Crippen molar-refractivity contribution in [3.63, 3.8) is 0 Å². The van der Waals surface area contributed by atoms with Crippen molar-refractivity contribution in [3.05, 3.63) is 0 Å². The molecule has 17 heavy (non-hydrogen) atoms. The number of aliphatic carboxylic acids is 1. The average Bonchev–Trinajstić information content (AvgIpc) is 2.62. The summed E-state index contributed by atoms with van der Waals surface area (Å²) in [7, 11) is 0. The van der Waals surface area contributed by atoms with E-state index in [9.17, 15) is 14.4 Å². The molecule has 0 radical (unpaired) electrons. The van der Waals surface area contributed by atoms with Gasteiger partial charge in [-0.1, -0.05) is 12.8 Å². The lowest BCUT2D eigenvalue weighted by Gasteiger charge is -2.28. The first kappa shape index (κ1) is 13.5. The highest BCUT2D eigenvalue weighted by molar-refractivity contribution is 5.84. The number of amides is 2. The summed E-state index contributed by atoms with van der Waals surface area (Å²) in [6.45, 7) is 1.23. The number of rotatable bonds is 5. The molecule has 1 rings (SSSR count). The molecule has 6 nitrogen and oxygen atoms in total. The second kappa shape index (κ2) is 5.65. The van der Waals surface area contributed by atoms with Crippen molar-refractivity contribution in [1.82, 2.24) is 10.6 Å². The first-order valence-corrected chi connectivity index (χ1v) is 5.71. The highest BCUT2D eigenvalue weighted by Gasteiger charge is 2.37. The van der Waals surface area contributed by atoms with Gasteiger partial charge in [0, 0.05) is 6.92 Å². The fourth-order valence-corrected chi connectivity index (χ4v) is 2.23. The molecule has 2 amide bonds. The van der Waals surface area contributed by atoms with Gasteiger partial charge in [-0.15, -0.1) is 0 Å². The van der Waals surface area contributed by atoms with Gasteiger partial charge in [0.05, 0.1) is 18.5 Å². The molecule has 1 saturated carbocycles. The molecule has 0 unspecified atom stereocenters. The minimum Gasteiger partial charge on any atom is -0.481 e. The van der Waals surface area contributed by atoms with Crippen LogP contribution >= 0.6 is 0 Å². The highest BCUT2D eigenvalue weighted by atomic mass is 16.4. The molecule has 0 spiro atoms. The maximum absolute atomic E-state index is 11.6. The van der Waals surface area contributed by atoms with E-state index in [-0.39, 0.29) is 24.8 Å². The van der Waals surface area contributed by atoms with Gasteiger partial charge in [0.2, 0.25) is 11.8 Å². The van der Waals surface area contributed by atoms with Crippen LogP contribution in [0.25, 0.3) is 0 Å². The zero-order valence-corrected chi connectivity index (χ0v) is 9.91. The first-order chi connectivity index (χ1) is 7.93. The Bertz CT molecular complexity index is 321. The van der Waals surface area contributed by atoms with Gasteiger partial charge < -0.3 is 15.7 Å². The van der Waals surface area contributed by atoms with Crippen LogP contribution in [0.3, 0.4) is 0 Å². The van der Waals surface area contributed by atoms with Gasteiger partial charge in [-0.05, 0) is 12.8 Å². The van der Waals surface area contributed by atoms with E-state index in [2.05, 4.69) is 10.6 Å². The van der Waals surface area contributed by atoms with Gasteiger partial charge in [-0.3, -0.25) is 14.4 Å². The third-order valence-electron chi connectivity index (χ3n) is 2.95. The van der Waals surface area contributed by atoms with Crippen molar-refractivity contribution in [3.8, 4) is 0 Å². The van der Waals surface area contributed by atoms with E-state index in [1.165, 1.54) is 6.92 Å². The van der Waals surface area contributed by atoms with E-state index >= 15 is 0 Å². The highest BCUT2D eigenvalue weighted by Crippen LogP contribution is 2.32. The average molecular weight is 242 g/mol. The Labute approximate surface area is 99.8 Å². The molecule has 1 aliphatic rings. The number of hydrogen-bond donors (Lipinski definition) is 3. The third kappa shape index (κ3) is 4.42. The van der Waals surface area contributed by atoms with Crippen molar-refractivity contribution in [1.29, 1.82) is 0 Å². The number of carbonyl (C=O) groups excluding carboxylic acids is 2. The number of carbonyl (C=O) groups is 3. The monoisotopic (exact) mass is 242 g/mol. The Balaban J connectivity index is 2.51. The maximum Gasteiger partial charge on any atom is 0.305 e. The third-order valence-corrected chi connectivity index (χ3v) is 2.95. The van der Waals surface area contributed by atoms with Gasteiger partial charge in [0.15, 0.2) is 0 Å². The molecule has 96 valence electrons. The van der Waals surface area contributed by atoms with Crippen LogP contribution in [-0.4, -0.2) is 35.0 Å². The van der Waals surface area contributed by atoms with Gasteiger partial charge in [0.25, 0.3) is 0 Å². The first-order valence-electron chi connectivity index (χ1n) is 5.71. The second-order valence-corrected chi connectivity index (χ2v) is 4.52. The zero-order valence-electron chi connectivity index (χ0n) is 9.91. The van der Waals surface area contributed by atoms with Crippen molar-refractivity contribution < 1.29 is 19.5 Å². The van der Waals surface area contributed by atoms with Crippen LogP contribution in [0.4, 0.5) is 0 Å². The standard InChI is InChI=1S/C11H18N2O4/c1-8(14)12-7-9(15)13-11(6-10(16)17)4-2-3-5-11/h2-7H2,1H3,(H,12,14)(H,13,15)(H,16,17). The van der Waals surface area contributed by atoms with Crippen molar-refractivity contribution >= 4 is 17.8 Å². The van der Waals surface area contributed by atoms with E-state index < -0.39 is 11.5 Å². The molecular weight excluding hydrogens is 224 g/mol. The van der Waals surface area contributed by atoms with E-state index in [1.807, 2.05) is 0 Å². The molecule has 0 aromatic heterocycles. The molecule has 1 fully saturated rings. The lowest BCUT2D eigenvalue weighted by Crippen LogP contribution is -2.50. The Morgan fingerprint density at radius 1 is 1.24 bits per heavy atom. The zero-order chi connectivity index (χ0) is 12.9. The summed E-state index contributed by atoms with van der Waals surface area (Å²) >= 11 is 0. The molecular formula is C11H18N2O4. The summed E-state index contributed by atoms with van der Waals surface area (Å²) in [6, 6.07) is 0. The van der Waals surface area contributed by atoms with E-state index in [4.69, 9.17) is 5.11 Å². The van der Waals surface area contributed by atoms with E-state index in [1.54, 1.807) is 0 Å². The Kier molecular flexibility index (Phi) is 4.48. The molecule has 0 aromatic carbocycles. The fraction of sp³-hybridized carbons (Fsp3) is 0.727.